The lowest BCUT2D eigenvalue weighted by Crippen LogP contribution is -2.46. The summed E-state index contributed by atoms with van der Waals surface area (Å²) in [7, 11) is 1.88. The van der Waals surface area contributed by atoms with Crippen molar-refractivity contribution < 1.29 is 4.79 Å². The molecule has 0 radical (unpaired) electrons. The number of aromatic nitrogens is 2. The van der Waals surface area contributed by atoms with Gasteiger partial charge in [-0.25, -0.2) is 4.98 Å². The van der Waals surface area contributed by atoms with Gasteiger partial charge in [0.1, 0.15) is 5.82 Å². The molecule has 0 saturated heterocycles. The van der Waals surface area contributed by atoms with Gasteiger partial charge in [-0.05, 0) is 13.3 Å². The summed E-state index contributed by atoms with van der Waals surface area (Å²) in [5.41, 5.74) is 4.82. The molecule has 0 aliphatic carbocycles. The number of amides is 1. The number of nitrogens with two attached hydrogens (primary N) is 1. The van der Waals surface area contributed by atoms with Crippen molar-refractivity contribution in [1.82, 2.24) is 14.9 Å². The molecule has 0 bridgehead atoms. The molecule has 1 heterocycles. The lowest BCUT2D eigenvalue weighted by atomic mass is 9.86. The van der Waals surface area contributed by atoms with Crippen molar-refractivity contribution in [2.75, 3.05) is 0 Å². The Morgan fingerprint density at radius 3 is 2.76 bits per heavy atom. The highest BCUT2D eigenvalue weighted by Gasteiger charge is 2.34. The summed E-state index contributed by atoms with van der Waals surface area (Å²) in [4.78, 5) is 16.4. The van der Waals surface area contributed by atoms with Gasteiger partial charge in [-0.1, -0.05) is 19.1 Å². The fraction of sp³-hybridized carbons (Fsp3) is 0.545. The summed E-state index contributed by atoms with van der Waals surface area (Å²) in [6.07, 6.45) is 4.09. The Kier molecular flexibility index (Phi) is 4.22. The van der Waals surface area contributed by atoms with E-state index in [1.807, 2.05) is 24.7 Å². The van der Waals surface area contributed by atoms with E-state index in [0.29, 0.717) is 13.0 Å². The summed E-state index contributed by atoms with van der Waals surface area (Å²) in [5.74, 6) is 0.634. The van der Waals surface area contributed by atoms with E-state index in [9.17, 15) is 4.79 Å². The molecule has 1 unspecified atom stereocenters. The second-order valence-corrected chi connectivity index (χ2v) is 4.63. The predicted octanol–water partition coefficient (Wildman–Crippen LogP) is 0.739. The van der Waals surface area contributed by atoms with E-state index in [4.69, 9.17) is 18.0 Å². The molecule has 0 spiro atoms. The summed E-state index contributed by atoms with van der Waals surface area (Å²) < 4.78 is 1.85. The SMILES string of the molecule is CCC(C)(C(=O)NCc1nccn1C)C(N)=S. The number of nitrogens with one attached hydrogen (secondary N) is 1. The van der Waals surface area contributed by atoms with Crippen molar-refractivity contribution in [1.29, 1.82) is 0 Å². The third-order valence-electron chi connectivity index (χ3n) is 3.08. The summed E-state index contributed by atoms with van der Waals surface area (Å²) in [6, 6.07) is 0. The van der Waals surface area contributed by atoms with Gasteiger partial charge < -0.3 is 15.6 Å². The summed E-state index contributed by atoms with van der Waals surface area (Å²) in [5, 5.41) is 2.81. The van der Waals surface area contributed by atoms with Crippen LogP contribution < -0.4 is 11.1 Å². The van der Waals surface area contributed by atoms with E-state index < -0.39 is 5.41 Å². The van der Waals surface area contributed by atoms with Gasteiger partial charge >= 0.3 is 0 Å². The fourth-order valence-electron chi connectivity index (χ4n) is 1.37. The number of rotatable bonds is 5. The van der Waals surface area contributed by atoms with E-state index in [2.05, 4.69) is 10.3 Å². The van der Waals surface area contributed by atoms with E-state index in [-0.39, 0.29) is 10.9 Å². The number of carbonyl (C=O) groups excluding carboxylic acids is 1. The van der Waals surface area contributed by atoms with Crippen molar-refractivity contribution in [3.63, 3.8) is 0 Å². The van der Waals surface area contributed by atoms with Crippen LogP contribution in [0.3, 0.4) is 0 Å². The first-order chi connectivity index (χ1) is 7.91. The first-order valence-corrected chi connectivity index (χ1v) is 5.87. The molecular formula is C11H18N4OS. The molecule has 17 heavy (non-hydrogen) atoms. The van der Waals surface area contributed by atoms with Crippen LogP contribution in [-0.4, -0.2) is 20.4 Å². The van der Waals surface area contributed by atoms with Crippen molar-refractivity contribution in [3.05, 3.63) is 18.2 Å². The maximum absolute atomic E-state index is 12.0. The topological polar surface area (TPSA) is 72.9 Å². The van der Waals surface area contributed by atoms with Crippen molar-refractivity contribution in [2.24, 2.45) is 18.2 Å². The van der Waals surface area contributed by atoms with Crippen LogP contribution >= 0.6 is 12.2 Å². The van der Waals surface area contributed by atoms with Crippen LogP contribution in [-0.2, 0) is 18.4 Å². The molecule has 1 aromatic heterocycles. The molecule has 0 saturated carbocycles. The van der Waals surface area contributed by atoms with Crippen LogP contribution in [0.1, 0.15) is 26.1 Å². The highest BCUT2D eigenvalue weighted by atomic mass is 32.1. The van der Waals surface area contributed by atoms with Crippen molar-refractivity contribution in [3.8, 4) is 0 Å². The standard InChI is InChI=1S/C11H18N4OS/c1-4-11(2,9(12)17)10(16)14-7-8-13-5-6-15(8)3/h5-6H,4,7H2,1-3H3,(H2,12,17)(H,14,16). The normalized spacial score (nSPS) is 14.1. The maximum Gasteiger partial charge on any atom is 0.233 e. The van der Waals surface area contributed by atoms with Crippen LogP contribution in [0.4, 0.5) is 0 Å². The molecular weight excluding hydrogens is 236 g/mol. The van der Waals surface area contributed by atoms with Gasteiger partial charge in [-0.3, -0.25) is 4.79 Å². The maximum atomic E-state index is 12.0. The Labute approximate surface area is 106 Å². The molecule has 0 fully saturated rings. The Morgan fingerprint density at radius 2 is 2.35 bits per heavy atom. The van der Waals surface area contributed by atoms with Gasteiger partial charge in [0, 0.05) is 19.4 Å². The summed E-state index contributed by atoms with van der Waals surface area (Å²) >= 11 is 4.94. The predicted molar refractivity (Wildman–Crippen MR) is 70.2 cm³/mol. The van der Waals surface area contributed by atoms with Crippen molar-refractivity contribution >= 4 is 23.1 Å². The van der Waals surface area contributed by atoms with Crippen LogP contribution in [0.5, 0.6) is 0 Å². The Balaban J connectivity index is 2.67. The molecule has 1 aromatic rings. The van der Waals surface area contributed by atoms with Crippen LogP contribution in [0, 0.1) is 5.41 Å². The largest absolute Gasteiger partial charge is 0.392 e. The van der Waals surface area contributed by atoms with Gasteiger partial charge in [0.2, 0.25) is 5.91 Å². The molecule has 94 valence electrons. The van der Waals surface area contributed by atoms with E-state index in [1.54, 1.807) is 13.1 Å². The van der Waals surface area contributed by atoms with Gasteiger partial charge in [-0.15, -0.1) is 0 Å². The second-order valence-electron chi connectivity index (χ2n) is 4.19. The van der Waals surface area contributed by atoms with Crippen LogP contribution in [0.25, 0.3) is 0 Å². The van der Waals surface area contributed by atoms with E-state index in [1.165, 1.54) is 0 Å². The molecule has 1 amide bonds. The van der Waals surface area contributed by atoms with Crippen LogP contribution in [0.15, 0.2) is 12.4 Å². The lowest BCUT2D eigenvalue weighted by molar-refractivity contribution is -0.127. The van der Waals surface area contributed by atoms with Gasteiger partial charge in [0.15, 0.2) is 0 Å². The molecule has 1 atom stereocenters. The van der Waals surface area contributed by atoms with Gasteiger partial charge in [0.25, 0.3) is 0 Å². The number of imidazole rings is 1. The first-order valence-electron chi connectivity index (χ1n) is 5.46. The smallest absolute Gasteiger partial charge is 0.233 e. The Morgan fingerprint density at radius 1 is 1.71 bits per heavy atom. The van der Waals surface area contributed by atoms with Crippen molar-refractivity contribution in [2.45, 2.75) is 26.8 Å². The molecule has 0 aliphatic rings. The molecule has 3 N–H and O–H groups in total. The third-order valence-corrected chi connectivity index (χ3v) is 3.53. The monoisotopic (exact) mass is 254 g/mol. The highest BCUT2D eigenvalue weighted by Crippen LogP contribution is 2.21. The van der Waals surface area contributed by atoms with Gasteiger partial charge in [-0.2, -0.15) is 0 Å². The fourth-order valence-corrected chi connectivity index (χ4v) is 1.60. The zero-order valence-corrected chi connectivity index (χ0v) is 11.2. The number of carbonyl (C=O) groups is 1. The molecule has 1 rings (SSSR count). The number of aryl methyl sites for hydroxylation is 1. The molecule has 5 nitrogen and oxygen atoms in total. The number of hydrogen-bond acceptors (Lipinski definition) is 3. The number of hydrogen-bond donors (Lipinski definition) is 2. The zero-order chi connectivity index (χ0) is 13.1. The minimum Gasteiger partial charge on any atom is -0.392 e. The number of nitrogens with zero attached hydrogens (tertiary/aromatic N) is 2. The second kappa shape index (κ2) is 5.27. The Hall–Kier alpha value is -1.43. The summed E-state index contributed by atoms with van der Waals surface area (Å²) in [6.45, 7) is 4.02. The first kappa shape index (κ1) is 13.6. The number of thiocarbonyl (C=S) groups is 1. The van der Waals surface area contributed by atoms with Crippen LogP contribution in [0.2, 0.25) is 0 Å². The quantitative estimate of drug-likeness (QED) is 0.760. The molecule has 0 aliphatic heterocycles. The minimum atomic E-state index is -0.791. The van der Waals surface area contributed by atoms with E-state index in [0.717, 1.165) is 5.82 Å². The lowest BCUT2D eigenvalue weighted by Gasteiger charge is -2.25. The zero-order valence-electron chi connectivity index (χ0n) is 10.4. The van der Waals surface area contributed by atoms with Gasteiger partial charge in [0.05, 0.1) is 16.9 Å². The molecule has 0 aromatic carbocycles. The average molecular weight is 254 g/mol. The Bertz CT molecular complexity index is 429. The minimum absolute atomic E-state index is 0.157. The molecule has 6 heteroatoms. The third kappa shape index (κ3) is 2.82. The highest BCUT2D eigenvalue weighted by molar-refractivity contribution is 7.80. The average Bonchev–Trinajstić information content (AvgIpc) is 2.70. The van der Waals surface area contributed by atoms with E-state index >= 15 is 0 Å².